The minimum absolute atomic E-state index is 0.785. The number of nitrogens with zero attached hydrogens (tertiary/aromatic N) is 3. The van der Waals surface area contributed by atoms with Crippen LogP contribution in [0.2, 0.25) is 0 Å². The third-order valence-corrected chi connectivity index (χ3v) is 4.55. The van der Waals surface area contributed by atoms with Crippen LogP contribution in [0.4, 0.5) is 0 Å². The minimum atomic E-state index is 0.785. The Morgan fingerprint density at radius 1 is 1.21 bits per heavy atom. The molecule has 0 spiro atoms. The van der Waals surface area contributed by atoms with Crippen molar-refractivity contribution >= 4 is 21.6 Å². The molecule has 19 heavy (non-hydrogen) atoms. The van der Waals surface area contributed by atoms with Crippen LogP contribution in [0.1, 0.15) is 16.4 Å². The number of aromatic nitrogens is 3. The van der Waals surface area contributed by atoms with Gasteiger partial charge in [0.2, 0.25) is 0 Å². The van der Waals surface area contributed by atoms with Gasteiger partial charge in [0.15, 0.2) is 18.9 Å². The van der Waals surface area contributed by atoms with Crippen LogP contribution in [0, 0.1) is 17.4 Å². The Bertz CT molecular complexity index is 734. The average molecular weight is 382 g/mol. The number of halogens is 1. The fraction of sp³-hybridized carbons (Fsp3) is 0.214. The molecule has 0 aliphatic rings. The number of fused-ring (bicyclic) bond motifs is 1. The van der Waals surface area contributed by atoms with Crippen LogP contribution in [0.3, 0.4) is 0 Å². The van der Waals surface area contributed by atoms with Crippen molar-refractivity contribution in [3.05, 3.63) is 50.6 Å². The van der Waals surface area contributed by atoms with Crippen molar-refractivity contribution < 1.29 is 27.2 Å². The second kappa shape index (κ2) is 5.13. The molecule has 3 aromatic rings. The molecule has 0 aliphatic heterocycles. The molecule has 3 heterocycles. The van der Waals surface area contributed by atoms with Crippen LogP contribution >= 0.6 is 11.3 Å². The topological polar surface area (TPSA) is 29.7 Å². The summed E-state index contributed by atoms with van der Waals surface area (Å²) in [6.45, 7) is 4.85. The molecule has 5 heteroatoms. The van der Waals surface area contributed by atoms with Crippen LogP contribution in [0.15, 0.2) is 30.6 Å². The van der Waals surface area contributed by atoms with E-state index >= 15 is 0 Å². The summed E-state index contributed by atoms with van der Waals surface area (Å²) in [6, 6.07) is 6.39. The Kier molecular flexibility index (Phi) is 3.49. The largest absolute Gasteiger partial charge is 0.758 e. The van der Waals surface area contributed by atoms with E-state index in [1.54, 1.807) is 11.3 Å². The molecule has 3 nitrogen and oxygen atoms in total. The van der Waals surface area contributed by atoms with E-state index in [0.29, 0.717) is 0 Å². The van der Waals surface area contributed by atoms with Gasteiger partial charge in [-0.05, 0) is 32.0 Å². The molecule has 0 bridgehead atoms. The molecule has 0 aromatic carbocycles. The lowest BCUT2D eigenvalue weighted by molar-refractivity contribution is -0.689. The van der Waals surface area contributed by atoms with Crippen LogP contribution in [-0.4, -0.2) is 9.97 Å². The van der Waals surface area contributed by atoms with Crippen LogP contribution < -0.4 is 27.2 Å². The first kappa shape index (κ1) is 12.9. The predicted octanol–water partition coefficient (Wildman–Crippen LogP) is -0.633. The number of thiophene rings is 1. The Hall–Kier alpha value is -1.08. The molecule has 0 aliphatic carbocycles. The van der Waals surface area contributed by atoms with E-state index in [2.05, 4.69) is 74.6 Å². The highest BCUT2D eigenvalue weighted by Crippen LogP contribution is 2.25. The lowest BCUT2D eigenvalue weighted by Gasteiger charge is -2.04. The van der Waals surface area contributed by atoms with E-state index < -0.39 is 0 Å². The molecule has 0 saturated heterocycles. The number of hydrogen-bond acceptors (Lipinski definition) is 3. The number of pyridine rings is 1. The number of rotatable bonds is 2. The maximum absolute atomic E-state index is 4.61. The van der Waals surface area contributed by atoms with Crippen molar-refractivity contribution in [3.63, 3.8) is 0 Å². The van der Waals surface area contributed by atoms with E-state index in [-0.39, 0.29) is 0 Å². The first-order valence-corrected chi connectivity index (χ1v) is 7.89. The molecule has 3 rings (SSSR count). The normalized spacial score (nSPS) is 11.1. The average Bonchev–Trinajstić information content (AvgIpc) is 2.72. The van der Waals surface area contributed by atoms with E-state index in [4.69, 9.17) is 0 Å². The molecular weight excluding hydrogens is 369 g/mol. The Balaban J connectivity index is 2.06. The van der Waals surface area contributed by atoms with Crippen LogP contribution in [-0.2, 0) is 6.54 Å². The highest BCUT2D eigenvalue weighted by Gasteiger charge is 2.12. The van der Waals surface area contributed by atoms with Crippen molar-refractivity contribution in [2.45, 2.75) is 20.4 Å². The third-order valence-electron chi connectivity index (χ3n) is 2.89. The number of hydrogen-bond donors (Lipinski definition) is 0. The zero-order chi connectivity index (χ0) is 13.4. The molecule has 0 unspecified atom stereocenters. The molecule has 97 valence electrons. The Labute approximate surface area is 129 Å². The van der Waals surface area contributed by atoms with Gasteiger partial charge in [-0.25, -0.2) is 9.97 Å². The van der Waals surface area contributed by atoms with Gasteiger partial charge in [-0.2, -0.15) is 8.14 Å². The molecule has 0 atom stereocenters. The zero-order valence-corrected chi connectivity index (χ0v) is 13.7. The van der Waals surface area contributed by atoms with Crippen LogP contribution in [0.5, 0.6) is 0 Å². The van der Waals surface area contributed by atoms with E-state index in [9.17, 15) is 0 Å². The summed E-state index contributed by atoms with van der Waals surface area (Å²) in [4.78, 5) is 11.5. The monoisotopic (exact) mass is 382 g/mol. The van der Waals surface area contributed by atoms with E-state index in [1.807, 2.05) is 6.92 Å². The quantitative estimate of drug-likeness (QED) is 0.436. The standard InChI is InChI=1S/C14H13IN3S/c1-9-7-12-13(16-10(2)17-14(12)19-9)8-18-5-3-11(15)4-6-18/h3-7H,8H2,1-2H3. The summed E-state index contributed by atoms with van der Waals surface area (Å²) in [5.74, 6) is 0.843. The van der Waals surface area contributed by atoms with Gasteiger partial charge < -0.3 is 22.6 Å². The summed E-state index contributed by atoms with van der Waals surface area (Å²) in [6.07, 6.45) is 4.18. The lowest BCUT2D eigenvalue weighted by atomic mass is 10.2. The molecule has 0 saturated carbocycles. The van der Waals surface area contributed by atoms with Crippen LogP contribution in [0.25, 0.3) is 10.2 Å². The van der Waals surface area contributed by atoms with Gasteiger partial charge in [0.05, 0.1) is 0 Å². The molecule has 1 radical (unpaired) electrons. The SMILES string of the molecule is Cc1nc(C[n+]2ccc([I-])cc2)c2cc(C)sc2n1. The summed E-state index contributed by atoms with van der Waals surface area (Å²) < 4.78 is 3.39. The van der Waals surface area contributed by atoms with Crippen molar-refractivity contribution in [3.8, 4) is 0 Å². The highest BCUT2D eigenvalue weighted by molar-refractivity contribution is 7.18. The van der Waals surface area contributed by atoms with Gasteiger partial charge in [0.25, 0.3) is 0 Å². The van der Waals surface area contributed by atoms with Crippen molar-refractivity contribution in [1.82, 2.24) is 9.97 Å². The van der Waals surface area contributed by atoms with Gasteiger partial charge in [0, 0.05) is 10.3 Å². The molecular formula is C14H13IN3S. The zero-order valence-electron chi connectivity index (χ0n) is 10.7. The lowest BCUT2D eigenvalue weighted by Crippen LogP contribution is -3.34. The molecule has 0 amide bonds. The fourth-order valence-corrected chi connectivity index (χ4v) is 3.33. The van der Waals surface area contributed by atoms with E-state index in [1.165, 1.54) is 13.8 Å². The maximum Gasteiger partial charge on any atom is 0.191 e. The second-order valence-electron chi connectivity index (χ2n) is 4.48. The summed E-state index contributed by atoms with van der Waals surface area (Å²) in [7, 11) is 0. The Morgan fingerprint density at radius 3 is 2.68 bits per heavy atom. The first-order chi connectivity index (χ1) is 9.11. The number of aryl methyl sites for hydroxylation is 2. The van der Waals surface area contributed by atoms with Gasteiger partial charge in [-0.15, -0.1) is 11.3 Å². The minimum Gasteiger partial charge on any atom is -0.758 e. The summed E-state index contributed by atoms with van der Waals surface area (Å²) in [5.41, 5.74) is 1.10. The highest BCUT2D eigenvalue weighted by atomic mass is 127. The molecule has 0 fully saturated rings. The molecule has 3 aromatic heterocycles. The van der Waals surface area contributed by atoms with Crippen molar-refractivity contribution in [1.29, 1.82) is 0 Å². The van der Waals surface area contributed by atoms with Gasteiger partial charge in [0.1, 0.15) is 16.3 Å². The van der Waals surface area contributed by atoms with Crippen molar-refractivity contribution in [2.75, 3.05) is 0 Å². The Morgan fingerprint density at radius 2 is 1.95 bits per heavy atom. The van der Waals surface area contributed by atoms with Gasteiger partial charge >= 0.3 is 0 Å². The predicted molar refractivity (Wildman–Crippen MR) is 71.3 cm³/mol. The fourth-order valence-electron chi connectivity index (χ4n) is 2.06. The van der Waals surface area contributed by atoms with E-state index in [0.717, 1.165) is 22.9 Å². The first-order valence-electron chi connectivity index (χ1n) is 6.00. The molecule has 0 N–H and O–H groups in total. The third kappa shape index (κ3) is 2.76. The van der Waals surface area contributed by atoms with Gasteiger partial charge in [-0.1, -0.05) is 0 Å². The summed E-state index contributed by atoms with van der Waals surface area (Å²) >= 11 is 4.04. The van der Waals surface area contributed by atoms with Gasteiger partial charge in [-0.3, -0.25) is 0 Å². The smallest absolute Gasteiger partial charge is 0.191 e. The second-order valence-corrected chi connectivity index (χ2v) is 6.96. The van der Waals surface area contributed by atoms with Crippen molar-refractivity contribution in [2.24, 2.45) is 0 Å². The summed E-state index contributed by atoms with van der Waals surface area (Å²) in [5, 5.41) is 1.18. The maximum atomic E-state index is 4.61.